The number of halogens is 1. The van der Waals surface area contributed by atoms with Crippen molar-refractivity contribution in [1.82, 2.24) is 10.7 Å². The Hall–Kier alpha value is -1.63. The van der Waals surface area contributed by atoms with Gasteiger partial charge in [-0.05, 0) is 61.1 Å². The molecule has 2 aromatic rings. The van der Waals surface area contributed by atoms with Gasteiger partial charge in [0.15, 0.2) is 5.11 Å². The van der Waals surface area contributed by atoms with E-state index >= 15 is 0 Å². The molecule has 0 radical (unpaired) electrons. The van der Waals surface area contributed by atoms with Crippen LogP contribution in [0.4, 0.5) is 5.69 Å². The molecule has 22 heavy (non-hydrogen) atoms. The highest BCUT2D eigenvalue weighted by molar-refractivity contribution is 9.10. The lowest BCUT2D eigenvalue weighted by molar-refractivity contribution is 0.386. The van der Waals surface area contributed by atoms with E-state index in [0.717, 1.165) is 21.5 Å². The zero-order chi connectivity index (χ0) is 15.7. The normalized spacial score (nSPS) is 20.9. The van der Waals surface area contributed by atoms with E-state index in [0.29, 0.717) is 5.11 Å². The Kier molecular flexibility index (Phi) is 4.08. The van der Waals surface area contributed by atoms with Gasteiger partial charge in [-0.1, -0.05) is 28.1 Å². The van der Waals surface area contributed by atoms with Crippen molar-refractivity contribution in [2.24, 2.45) is 0 Å². The number of ether oxygens (including phenoxy) is 1. The van der Waals surface area contributed by atoms with Crippen LogP contribution in [0.15, 0.2) is 53.0 Å². The number of hydrogen-bond acceptors (Lipinski definition) is 3. The van der Waals surface area contributed by atoms with Gasteiger partial charge in [0.05, 0.1) is 12.8 Å². The molecule has 0 spiro atoms. The molecule has 0 unspecified atom stereocenters. The molecule has 1 aliphatic heterocycles. The maximum Gasteiger partial charge on any atom is 0.190 e. The summed E-state index contributed by atoms with van der Waals surface area (Å²) >= 11 is 8.91. The first-order valence-corrected chi connectivity index (χ1v) is 8.02. The first-order chi connectivity index (χ1) is 10.5. The van der Waals surface area contributed by atoms with Gasteiger partial charge in [0.2, 0.25) is 0 Å². The molecule has 2 aromatic carbocycles. The Morgan fingerprint density at radius 1 is 1.09 bits per heavy atom. The van der Waals surface area contributed by atoms with Crippen molar-refractivity contribution in [2.75, 3.05) is 12.1 Å². The van der Waals surface area contributed by atoms with Crippen LogP contribution in [0.2, 0.25) is 0 Å². The summed E-state index contributed by atoms with van der Waals surface area (Å²) in [4.78, 5) is 0. The summed E-state index contributed by atoms with van der Waals surface area (Å²) < 4.78 is 6.24. The molecule has 0 bridgehead atoms. The average molecular weight is 378 g/mol. The number of methoxy groups -OCH3 is 1. The molecule has 1 fully saturated rings. The third-order valence-electron chi connectivity index (χ3n) is 3.65. The molecular formula is C16H16BrN3OS. The van der Waals surface area contributed by atoms with Gasteiger partial charge in [-0.2, -0.15) is 5.43 Å². The van der Waals surface area contributed by atoms with Gasteiger partial charge < -0.3 is 10.1 Å². The smallest absolute Gasteiger partial charge is 0.190 e. The number of rotatable bonds is 3. The van der Waals surface area contributed by atoms with Crippen molar-refractivity contribution in [3.63, 3.8) is 0 Å². The van der Waals surface area contributed by atoms with Gasteiger partial charge in [0.1, 0.15) is 11.4 Å². The van der Waals surface area contributed by atoms with Crippen LogP contribution in [-0.2, 0) is 5.66 Å². The summed E-state index contributed by atoms with van der Waals surface area (Å²) in [6.07, 6.45) is 0. The first kappa shape index (κ1) is 15.3. The van der Waals surface area contributed by atoms with E-state index < -0.39 is 5.66 Å². The maximum atomic E-state index is 5.47. The first-order valence-electron chi connectivity index (χ1n) is 6.82. The molecule has 2 N–H and O–H groups in total. The van der Waals surface area contributed by atoms with Crippen LogP contribution in [0.1, 0.15) is 12.5 Å². The number of thiocarbonyl (C=S) groups is 1. The molecule has 0 saturated carbocycles. The second-order valence-electron chi connectivity index (χ2n) is 5.21. The molecule has 0 aliphatic carbocycles. The van der Waals surface area contributed by atoms with Gasteiger partial charge in [0.25, 0.3) is 0 Å². The Bertz CT molecular complexity index is 690. The SMILES string of the molecule is COc1ccc([C@]2(C)NC(=S)N(c3ccc(Br)cc3)N2)cc1. The molecule has 6 heteroatoms. The predicted octanol–water partition coefficient (Wildman–Crippen LogP) is 3.53. The lowest BCUT2D eigenvalue weighted by Gasteiger charge is -2.26. The molecule has 1 aliphatic rings. The molecule has 0 aromatic heterocycles. The lowest BCUT2D eigenvalue weighted by atomic mass is 10.0. The Morgan fingerprint density at radius 3 is 2.32 bits per heavy atom. The quantitative estimate of drug-likeness (QED) is 0.800. The van der Waals surface area contributed by atoms with E-state index in [1.54, 1.807) is 7.11 Å². The van der Waals surface area contributed by atoms with Crippen molar-refractivity contribution >= 4 is 38.9 Å². The molecule has 0 amide bonds. The standard InChI is InChI=1S/C16H16BrN3OS/c1-16(11-3-9-14(21-2)10-4-11)18-15(22)20(19-16)13-7-5-12(17)6-8-13/h3-10,19H,1-2H3,(H,18,22)/t16-/m1/s1. The van der Waals surface area contributed by atoms with E-state index in [-0.39, 0.29) is 0 Å². The fourth-order valence-corrected chi connectivity index (χ4v) is 3.02. The van der Waals surface area contributed by atoms with E-state index in [1.807, 2.05) is 53.5 Å². The largest absolute Gasteiger partial charge is 0.497 e. The van der Waals surface area contributed by atoms with Gasteiger partial charge in [-0.15, -0.1) is 0 Å². The predicted molar refractivity (Wildman–Crippen MR) is 95.8 cm³/mol. The molecular weight excluding hydrogens is 362 g/mol. The summed E-state index contributed by atoms with van der Waals surface area (Å²) in [5, 5.41) is 5.86. The number of hydrogen-bond donors (Lipinski definition) is 2. The van der Waals surface area contributed by atoms with Crippen LogP contribution in [-0.4, -0.2) is 12.2 Å². The van der Waals surface area contributed by atoms with Crippen molar-refractivity contribution in [1.29, 1.82) is 0 Å². The second-order valence-corrected chi connectivity index (χ2v) is 6.51. The van der Waals surface area contributed by atoms with Gasteiger partial charge >= 0.3 is 0 Å². The minimum atomic E-state index is -0.462. The fourth-order valence-electron chi connectivity index (χ4n) is 2.41. The number of nitrogens with one attached hydrogen (secondary N) is 2. The highest BCUT2D eigenvalue weighted by atomic mass is 79.9. The van der Waals surface area contributed by atoms with Crippen LogP contribution in [0.25, 0.3) is 0 Å². The van der Waals surface area contributed by atoms with Gasteiger partial charge in [-0.3, -0.25) is 0 Å². The molecule has 1 saturated heterocycles. The van der Waals surface area contributed by atoms with Crippen molar-refractivity contribution in [3.8, 4) is 5.75 Å². The summed E-state index contributed by atoms with van der Waals surface area (Å²) in [5.74, 6) is 0.831. The third kappa shape index (κ3) is 2.82. The molecule has 4 nitrogen and oxygen atoms in total. The molecule has 1 atom stereocenters. The van der Waals surface area contributed by atoms with Crippen molar-refractivity contribution < 1.29 is 4.74 Å². The Morgan fingerprint density at radius 2 is 1.73 bits per heavy atom. The minimum Gasteiger partial charge on any atom is -0.497 e. The summed E-state index contributed by atoms with van der Waals surface area (Å²) in [6, 6.07) is 15.9. The van der Waals surface area contributed by atoms with E-state index in [4.69, 9.17) is 17.0 Å². The van der Waals surface area contributed by atoms with Crippen LogP contribution >= 0.6 is 28.1 Å². The topological polar surface area (TPSA) is 36.5 Å². The number of nitrogens with zero attached hydrogens (tertiary/aromatic N) is 1. The number of benzene rings is 2. The number of anilines is 1. The van der Waals surface area contributed by atoms with E-state index in [2.05, 4.69) is 33.6 Å². The monoisotopic (exact) mass is 377 g/mol. The summed E-state index contributed by atoms with van der Waals surface area (Å²) in [7, 11) is 1.66. The van der Waals surface area contributed by atoms with Crippen LogP contribution in [0.3, 0.4) is 0 Å². The molecule has 3 rings (SSSR count). The zero-order valence-corrected chi connectivity index (χ0v) is 14.7. The number of hydrazine groups is 1. The molecule has 114 valence electrons. The van der Waals surface area contributed by atoms with Crippen LogP contribution in [0, 0.1) is 0 Å². The Balaban J connectivity index is 1.87. The van der Waals surface area contributed by atoms with Crippen LogP contribution < -0.4 is 20.5 Å². The highest BCUT2D eigenvalue weighted by Crippen LogP contribution is 2.28. The molecule has 1 heterocycles. The van der Waals surface area contributed by atoms with Crippen molar-refractivity contribution in [3.05, 3.63) is 58.6 Å². The third-order valence-corrected chi connectivity index (χ3v) is 4.46. The second kappa shape index (κ2) is 5.87. The minimum absolute atomic E-state index is 0.462. The summed E-state index contributed by atoms with van der Waals surface area (Å²) in [5.41, 5.74) is 5.03. The van der Waals surface area contributed by atoms with Gasteiger partial charge in [0, 0.05) is 4.47 Å². The van der Waals surface area contributed by atoms with Crippen molar-refractivity contribution in [2.45, 2.75) is 12.6 Å². The lowest BCUT2D eigenvalue weighted by Crippen LogP contribution is -2.45. The fraction of sp³-hybridized carbons (Fsp3) is 0.188. The average Bonchev–Trinajstić information content (AvgIpc) is 2.84. The van der Waals surface area contributed by atoms with E-state index in [1.165, 1.54) is 0 Å². The summed E-state index contributed by atoms with van der Waals surface area (Å²) in [6.45, 7) is 2.06. The van der Waals surface area contributed by atoms with Crippen LogP contribution in [0.5, 0.6) is 5.75 Å². The maximum absolute atomic E-state index is 5.47. The zero-order valence-electron chi connectivity index (χ0n) is 12.3. The Labute approximate surface area is 143 Å². The van der Waals surface area contributed by atoms with E-state index in [9.17, 15) is 0 Å². The highest BCUT2D eigenvalue weighted by Gasteiger charge is 2.38. The van der Waals surface area contributed by atoms with Gasteiger partial charge in [-0.25, -0.2) is 5.01 Å².